The zero-order valence-electron chi connectivity index (χ0n) is 15.6. The van der Waals surface area contributed by atoms with Gasteiger partial charge in [0, 0.05) is 42.2 Å². The summed E-state index contributed by atoms with van der Waals surface area (Å²) in [5.41, 5.74) is 1.19. The molecule has 1 aromatic carbocycles. The summed E-state index contributed by atoms with van der Waals surface area (Å²) in [5, 5.41) is 10.5. The first-order valence-electron chi connectivity index (χ1n) is 9.17. The van der Waals surface area contributed by atoms with Crippen LogP contribution in [0, 0.1) is 5.82 Å². The molecule has 5 nitrogen and oxygen atoms in total. The number of carbonyl (C=O) groups is 1. The fraction of sp³-hybridized carbons (Fsp3) is 0.550. The summed E-state index contributed by atoms with van der Waals surface area (Å²) in [6.07, 6.45) is 3.86. The monoisotopic (exact) mass is 362 g/mol. The Hall–Kier alpha value is -2.08. The van der Waals surface area contributed by atoms with E-state index in [1.165, 1.54) is 12.1 Å². The number of halogens is 1. The normalized spacial score (nSPS) is 19.1. The van der Waals surface area contributed by atoms with Crippen molar-refractivity contribution in [2.75, 3.05) is 13.2 Å². The van der Waals surface area contributed by atoms with E-state index in [4.69, 9.17) is 4.74 Å². The van der Waals surface area contributed by atoms with Gasteiger partial charge in [0.15, 0.2) is 0 Å². The average molecular weight is 362 g/mol. The molecule has 1 aromatic heterocycles. The number of aliphatic hydroxyl groups is 1. The lowest BCUT2D eigenvalue weighted by Crippen LogP contribution is -2.42. The quantitative estimate of drug-likeness (QED) is 0.858. The molecule has 0 spiro atoms. The number of hydrogen-bond donors (Lipinski definition) is 2. The maximum atomic E-state index is 13.5. The Morgan fingerprint density at radius 1 is 1.46 bits per heavy atom. The predicted molar refractivity (Wildman–Crippen MR) is 98.7 cm³/mol. The third-order valence-corrected chi connectivity index (χ3v) is 4.91. The third-order valence-electron chi connectivity index (χ3n) is 4.91. The molecule has 2 atom stereocenters. The van der Waals surface area contributed by atoms with E-state index in [9.17, 15) is 14.3 Å². The second-order valence-electron chi connectivity index (χ2n) is 7.94. The molecule has 1 saturated heterocycles. The van der Waals surface area contributed by atoms with Gasteiger partial charge in [-0.15, -0.1) is 0 Å². The van der Waals surface area contributed by atoms with Gasteiger partial charge in [-0.05, 0) is 63.8 Å². The highest BCUT2D eigenvalue weighted by Gasteiger charge is 2.38. The number of nitrogens with one attached hydrogen (secondary N) is 1. The van der Waals surface area contributed by atoms with E-state index < -0.39 is 5.60 Å². The molecule has 2 heterocycles. The number of likely N-dealkylation sites (tertiary alicyclic amines) is 1. The summed E-state index contributed by atoms with van der Waals surface area (Å²) in [7, 11) is 0. The Balaban J connectivity index is 1.92. The van der Waals surface area contributed by atoms with Crippen LogP contribution in [0.2, 0.25) is 0 Å². The fourth-order valence-corrected chi connectivity index (χ4v) is 3.88. The van der Waals surface area contributed by atoms with Crippen molar-refractivity contribution in [2.24, 2.45) is 0 Å². The van der Waals surface area contributed by atoms with Crippen LogP contribution in [-0.2, 0) is 4.74 Å². The van der Waals surface area contributed by atoms with Gasteiger partial charge in [-0.2, -0.15) is 0 Å². The summed E-state index contributed by atoms with van der Waals surface area (Å²) in [5.74, 6) is -0.324. The van der Waals surface area contributed by atoms with Crippen LogP contribution in [0.25, 0.3) is 10.9 Å². The third kappa shape index (κ3) is 3.85. The molecule has 2 aromatic rings. The van der Waals surface area contributed by atoms with Crippen LogP contribution in [0.3, 0.4) is 0 Å². The Labute approximate surface area is 153 Å². The highest BCUT2D eigenvalue weighted by Crippen LogP contribution is 2.37. The predicted octanol–water partition coefficient (Wildman–Crippen LogP) is 4.17. The summed E-state index contributed by atoms with van der Waals surface area (Å²) in [4.78, 5) is 17.5. The Morgan fingerprint density at radius 2 is 2.23 bits per heavy atom. The number of hydrogen-bond acceptors (Lipinski definition) is 3. The van der Waals surface area contributed by atoms with Crippen molar-refractivity contribution in [3.05, 3.63) is 35.8 Å². The number of benzene rings is 1. The van der Waals surface area contributed by atoms with Crippen LogP contribution < -0.4 is 0 Å². The van der Waals surface area contributed by atoms with E-state index >= 15 is 0 Å². The van der Waals surface area contributed by atoms with Gasteiger partial charge in [-0.3, -0.25) is 0 Å². The molecule has 2 N–H and O–H groups in total. The van der Waals surface area contributed by atoms with Crippen LogP contribution in [0.5, 0.6) is 0 Å². The van der Waals surface area contributed by atoms with Crippen LogP contribution in [0.1, 0.15) is 51.5 Å². The van der Waals surface area contributed by atoms with Gasteiger partial charge in [0.05, 0.1) is 0 Å². The number of amides is 1. The van der Waals surface area contributed by atoms with E-state index in [-0.39, 0.29) is 30.5 Å². The minimum Gasteiger partial charge on any atom is -0.444 e. The zero-order chi connectivity index (χ0) is 18.9. The SMILES string of the molecule is CC(C)(C)OC(=O)N1CCCC1C(CCO)c1c[nH]c2cc(F)ccc12. The lowest BCUT2D eigenvalue weighted by molar-refractivity contribution is 0.0198. The topological polar surface area (TPSA) is 65.6 Å². The first-order valence-corrected chi connectivity index (χ1v) is 9.17. The summed E-state index contributed by atoms with van der Waals surface area (Å²) < 4.78 is 19.1. The lowest BCUT2D eigenvalue weighted by Gasteiger charge is -2.33. The van der Waals surface area contributed by atoms with E-state index in [2.05, 4.69) is 4.98 Å². The molecule has 1 aliphatic rings. The van der Waals surface area contributed by atoms with Crippen molar-refractivity contribution in [1.82, 2.24) is 9.88 Å². The summed E-state index contributed by atoms with van der Waals surface area (Å²) >= 11 is 0. The van der Waals surface area contributed by atoms with Gasteiger partial charge < -0.3 is 19.7 Å². The van der Waals surface area contributed by atoms with Gasteiger partial charge in [0.1, 0.15) is 11.4 Å². The van der Waals surface area contributed by atoms with Gasteiger partial charge >= 0.3 is 6.09 Å². The molecule has 3 rings (SSSR count). The molecule has 1 aliphatic heterocycles. The van der Waals surface area contributed by atoms with Crippen LogP contribution in [0.4, 0.5) is 9.18 Å². The number of ether oxygens (including phenoxy) is 1. The average Bonchev–Trinajstić information content (AvgIpc) is 3.17. The summed E-state index contributed by atoms with van der Waals surface area (Å²) in [6, 6.07) is 4.62. The highest BCUT2D eigenvalue weighted by molar-refractivity contribution is 5.84. The van der Waals surface area contributed by atoms with Crippen LogP contribution in [0.15, 0.2) is 24.4 Å². The molecule has 6 heteroatoms. The minimum atomic E-state index is -0.547. The number of aliphatic hydroxyl groups excluding tert-OH is 1. The van der Waals surface area contributed by atoms with E-state index in [0.717, 1.165) is 29.3 Å². The highest BCUT2D eigenvalue weighted by atomic mass is 19.1. The smallest absolute Gasteiger partial charge is 0.410 e. The van der Waals surface area contributed by atoms with Crippen molar-refractivity contribution in [1.29, 1.82) is 0 Å². The lowest BCUT2D eigenvalue weighted by atomic mass is 9.87. The maximum Gasteiger partial charge on any atom is 0.410 e. The van der Waals surface area contributed by atoms with Crippen molar-refractivity contribution >= 4 is 17.0 Å². The van der Waals surface area contributed by atoms with E-state index in [1.54, 1.807) is 11.0 Å². The number of aromatic amines is 1. The number of aromatic nitrogens is 1. The standard InChI is InChI=1S/C20H27FN2O3/c1-20(2,3)26-19(25)23-9-4-5-18(23)15(8-10-24)16-12-22-17-11-13(21)6-7-14(16)17/h6-7,11-12,15,18,22,24H,4-5,8-10H2,1-3H3. The molecule has 142 valence electrons. The van der Waals surface area contributed by atoms with Crippen molar-refractivity contribution in [2.45, 2.75) is 57.6 Å². The molecular formula is C20H27FN2O3. The second kappa shape index (κ2) is 7.27. The van der Waals surface area contributed by atoms with Gasteiger partial charge in [-0.1, -0.05) is 0 Å². The van der Waals surface area contributed by atoms with Gasteiger partial charge in [0.25, 0.3) is 0 Å². The molecule has 1 amide bonds. The first-order chi connectivity index (χ1) is 12.3. The maximum absolute atomic E-state index is 13.5. The van der Waals surface area contributed by atoms with Crippen molar-refractivity contribution < 1.29 is 19.0 Å². The molecular weight excluding hydrogens is 335 g/mol. The number of fused-ring (bicyclic) bond motifs is 1. The number of rotatable bonds is 4. The van der Waals surface area contributed by atoms with E-state index in [0.29, 0.717) is 13.0 Å². The molecule has 0 saturated carbocycles. The van der Waals surface area contributed by atoms with Crippen molar-refractivity contribution in [3.63, 3.8) is 0 Å². The Morgan fingerprint density at radius 3 is 2.92 bits per heavy atom. The Kier molecular flexibility index (Phi) is 5.23. The van der Waals surface area contributed by atoms with Gasteiger partial charge in [0.2, 0.25) is 0 Å². The largest absolute Gasteiger partial charge is 0.444 e. The summed E-state index contributed by atoms with van der Waals surface area (Å²) in [6.45, 7) is 6.25. The van der Waals surface area contributed by atoms with Gasteiger partial charge in [-0.25, -0.2) is 9.18 Å². The minimum absolute atomic E-state index is 0.0250. The second-order valence-corrected chi connectivity index (χ2v) is 7.94. The number of H-pyrrole nitrogens is 1. The molecule has 0 radical (unpaired) electrons. The zero-order valence-corrected chi connectivity index (χ0v) is 15.6. The van der Waals surface area contributed by atoms with Crippen molar-refractivity contribution in [3.8, 4) is 0 Å². The van der Waals surface area contributed by atoms with Crippen LogP contribution in [-0.4, -0.2) is 45.9 Å². The molecule has 2 unspecified atom stereocenters. The fourth-order valence-electron chi connectivity index (χ4n) is 3.88. The molecule has 1 fully saturated rings. The molecule has 0 aliphatic carbocycles. The number of nitrogens with zero attached hydrogens (tertiary/aromatic N) is 1. The molecule has 0 bridgehead atoms. The number of carbonyl (C=O) groups excluding carboxylic acids is 1. The first kappa shape index (κ1) is 18.7. The van der Waals surface area contributed by atoms with E-state index in [1.807, 2.05) is 27.0 Å². The van der Waals surface area contributed by atoms with Crippen LogP contribution >= 0.6 is 0 Å². The molecule has 26 heavy (non-hydrogen) atoms. The Bertz CT molecular complexity index is 781.